The molecule has 2 aliphatic heterocycles. The molecule has 9 heteroatoms. The summed E-state index contributed by atoms with van der Waals surface area (Å²) >= 11 is 13.5. The molecular weight excluding hydrogens is 467 g/mol. The Hall–Kier alpha value is -3.13. The molecule has 1 aromatic heterocycles. The van der Waals surface area contributed by atoms with Gasteiger partial charge in [-0.15, -0.1) is 0 Å². The summed E-state index contributed by atoms with van der Waals surface area (Å²) in [6.07, 6.45) is 2.06. The second-order valence-electron chi connectivity index (χ2n) is 7.00. The number of amides is 1. The fraction of sp³-hybridized carbons (Fsp3) is 0.0435. The van der Waals surface area contributed by atoms with Crippen LogP contribution in [0, 0.1) is 5.41 Å². The van der Waals surface area contributed by atoms with Crippen LogP contribution in [-0.4, -0.2) is 27.0 Å². The predicted molar refractivity (Wildman–Crippen MR) is 129 cm³/mol. The highest BCUT2D eigenvalue weighted by atomic mass is 35.5. The monoisotopic (exact) mass is 480 g/mol. The Morgan fingerprint density at radius 3 is 2.62 bits per heavy atom. The summed E-state index contributed by atoms with van der Waals surface area (Å²) in [7, 11) is 0. The first kappa shape index (κ1) is 20.8. The molecule has 158 valence electrons. The van der Waals surface area contributed by atoms with Gasteiger partial charge in [-0.25, -0.2) is 0 Å². The fourth-order valence-corrected chi connectivity index (χ4v) is 4.53. The van der Waals surface area contributed by atoms with Crippen LogP contribution in [0.15, 0.2) is 80.7 Å². The average molecular weight is 481 g/mol. The Morgan fingerprint density at radius 2 is 1.84 bits per heavy atom. The minimum absolute atomic E-state index is 0.0469. The highest BCUT2D eigenvalue weighted by Crippen LogP contribution is 2.32. The number of hydrogen-bond donors (Lipinski definition) is 1. The van der Waals surface area contributed by atoms with Crippen LogP contribution in [0.2, 0.25) is 10.0 Å². The molecule has 5 rings (SSSR count). The van der Waals surface area contributed by atoms with Crippen molar-refractivity contribution < 1.29 is 9.21 Å². The van der Waals surface area contributed by atoms with Crippen LogP contribution >= 0.6 is 35.0 Å². The highest BCUT2D eigenvalue weighted by molar-refractivity contribution is 8.26. The van der Waals surface area contributed by atoms with Gasteiger partial charge in [0.2, 0.25) is 5.17 Å². The topological polar surface area (TPSA) is 82.0 Å². The van der Waals surface area contributed by atoms with E-state index in [0.29, 0.717) is 33.2 Å². The number of hydrazone groups is 1. The lowest BCUT2D eigenvalue weighted by Gasteiger charge is -2.19. The smallest absolute Gasteiger partial charge is 0.283 e. The maximum atomic E-state index is 12.6. The Kier molecular flexibility index (Phi) is 5.46. The molecule has 0 fully saturated rings. The van der Waals surface area contributed by atoms with E-state index in [1.165, 1.54) is 22.8 Å². The second-order valence-corrected chi connectivity index (χ2v) is 8.88. The van der Waals surface area contributed by atoms with Crippen molar-refractivity contribution in [3.8, 4) is 11.3 Å². The molecule has 0 atom stereocenters. The zero-order chi connectivity index (χ0) is 22.2. The summed E-state index contributed by atoms with van der Waals surface area (Å²) in [4.78, 5) is 16.7. The molecule has 2 aromatic carbocycles. The average Bonchev–Trinajstić information content (AvgIpc) is 3.40. The Morgan fingerprint density at radius 1 is 1.06 bits per heavy atom. The van der Waals surface area contributed by atoms with Crippen LogP contribution in [0.1, 0.15) is 11.3 Å². The van der Waals surface area contributed by atoms with Gasteiger partial charge in [-0.3, -0.25) is 10.2 Å². The molecule has 1 amide bonds. The minimum atomic E-state index is -0.507. The number of nitrogens with zero attached hydrogens (tertiary/aromatic N) is 3. The van der Waals surface area contributed by atoms with Crippen LogP contribution in [0.4, 0.5) is 0 Å². The molecule has 0 aliphatic carbocycles. The first-order valence-electron chi connectivity index (χ1n) is 9.56. The van der Waals surface area contributed by atoms with E-state index in [0.717, 1.165) is 16.2 Å². The molecule has 3 aromatic rings. The van der Waals surface area contributed by atoms with Gasteiger partial charge in [0.15, 0.2) is 5.84 Å². The molecule has 0 spiro atoms. The van der Waals surface area contributed by atoms with Gasteiger partial charge in [-0.05, 0) is 59.8 Å². The lowest BCUT2D eigenvalue weighted by atomic mass is 10.1. The fourth-order valence-electron chi connectivity index (χ4n) is 3.26. The van der Waals surface area contributed by atoms with Crippen molar-refractivity contribution >= 4 is 63.0 Å². The van der Waals surface area contributed by atoms with E-state index < -0.39 is 5.91 Å². The van der Waals surface area contributed by atoms with Crippen LogP contribution in [0.3, 0.4) is 0 Å². The molecule has 32 heavy (non-hydrogen) atoms. The number of hydrogen-bond acceptors (Lipinski definition) is 5. The van der Waals surface area contributed by atoms with Gasteiger partial charge in [0, 0.05) is 17.0 Å². The van der Waals surface area contributed by atoms with Crippen LogP contribution in [-0.2, 0) is 11.2 Å². The number of rotatable bonds is 4. The molecule has 2 aliphatic rings. The lowest BCUT2D eigenvalue weighted by Crippen LogP contribution is -2.35. The maximum absolute atomic E-state index is 12.6. The van der Waals surface area contributed by atoms with Crippen molar-refractivity contribution in [2.24, 2.45) is 10.1 Å². The van der Waals surface area contributed by atoms with Crippen molar-refractivity contribution in [2.75, 3.05) is 0 Å². The molecule has 0 saturated heterocycles. The Bertz CT molecular complexity index is 1340. The third-order valence-electron chi connectivity index (χ3n) is 4.82. The summed E-state index contributed by atoms with van der Waals surface area (Å²) in [6, 6.07) is 18.3. The normalized spacial score (nSPS) is 16.9. The molecule has 0 saturated carbocycles. The number of carbonyl (C=O) groups is 1. The quantitative estimate of drug-likeness (QED) is 0.456. The van der Waals surface area contributed by atoms with Gasteiger partial charge in [0.05, 0.1) is 10.6 Å². The van der Waals surface area contributed by atoms with E-state index in [1.807, 2.05) is 42.5 Å². The number of furan rings is 1. The van der Waals surface area contributed by atoms with Gasteiger partial charge in [0.1, 0.15) is 16.6 Å². The molecule has 0 bridgehead atoms. The van der Waals surface area contributed by atoms with Crippen LogP contribution in [0.5, 0.6) is 0 Å². The van der Waals surface area contributed by atoms with E-state index in [1.54, 1.807) is 18.2 Å². The summed E-state index contributed by atoms with van der Waals surface area (Å²) in [5.74, 6) is 0.437. The summed E-state index contributed by atoms with van der Waals surface area (Å²) < 4.78 is 5.84. The number of benzene rings is 2. The predicted octanol–water partition coefficient (Wildman–Crippen LogP) is 6.12. The summed E-state index contributed by atoms with van der Waals surface area (Å²) in [5, 5.41) is 16.7. The largest absolute Gasteiger partial charge is 0.457 e. The number of carbonyl (C=O) groups excluding carboxylic acids is 1. The van der Waals surface area contributed by atoms with E-state index in [-0.39, 0.29) is 11.4 Å². The molecule has 3 heterocycles. The van der Waals surface area contributed by atoms with Crippen LogP contribution < -0.4 is 0 Å². The van der Waals surface area contributed by atoms with Gasteiger partial charge in [-0.1, -0.05) is 47.5 Å². The Labute approximate surface area is 197 Å². The minimum Gasteiger partial charge on any atom is -0.457 e. The number of thioether (sulfide) groups is 1. The highest BCUT2D eigenvalue weighted by Gasteiger charge is 2.35. The standard InChI is InChI=1S/C23H14Cl2N4O2S/c24-14-7-5-13(6-8-14)11-20-28-29-21(26)17(22(30)27-23(29)32-20)12-15-9-10-19(31-15)16-3-1-2-4-18(16)25/h1-10,12,26H,11H2. The van der Waals surface area contributed by atoms with Gasteiger partial charge < -0.3 is 4.42 Å². The first-order chi connectivity index (χ1) is 15.5. The number of aliphatic imine (C=N–C) groups is 1. The zero-order valence-electron chi connectivity index (χ0n) is 16.4. The summed E-state index contributed by atoms with van der Waals surface area (Å²) in [6.45, 7) is 0. The summed E-state index contributed by atoms with van der Waals surface area (Å²) in [5.41, 5.74) is 1.87. The van der Waals surface area contributed by atoms with E-state index >= 15 is 0 Å². The van der Waals surface area contributed by atoms with E-state index in [4.69, 9.17) is 33.0 Å². The number of nitrogens with one attached hydrogen (secondary N) is 1. The zero-order valence-corrected chi connectivity index (χ0v) is 18.7. The van der Waals surface area contributed by atoms with E-state index in [2.05, 4.69) is 10.1 Å². The van der Waals surface area contributed by atoms with Gasteiger partial charge in [-0.2, -0.15) is 15.1 Å². The SMILES string of the molecule is N=C1C(=Cc2ccc(-c3ccccc3Cl)o2)C(=O)N=C2SC(Cc3ccc(Cl)cc3)=NN12. The van der Waals surface area contributed by atoms with Gasteiger partial charge in [0.25, 0.3) is 5.91 Å². The van der Waals surface area contributed by atoms with Crippen molar-refractivity contribution in [3.05, 3.63) is 87.6 Å². The molecule has 0 radical (unpaired) electrons. The number of amidine groups is 2. The van der Waals surface area contributed by atoms with Crippen molar-refractivity contribution in [3.63, 3.8) is 0 Å². The second kappa shape index (κ2) is 8.43. The van der Waals surface area contributed by atoms with Crippen molar-refractivity contribution in [1.82, 2.24) is 5.01 Å². The third kappa shape index (κ3) is 4.02. The number of halogens is 2. The van der Waals surface area contributed by atoms with Crippen molar-refractivity contribution in [1.29, 1.82) is 5.41 Å². The molecule has 0 unspecified atom stereocenters. The van der Waals surface area contributed by atoms with Crippen LogP contribution in [0.25, 0.3) is 17.4 Å². The first-order valence-corrected chi connectivity index (χ1v) is 11.1. The third-order valence-corrected chi connectivity index (χ3v) is 6.31. The molecule has 6 nitrogen and oxygen atoms in total. The lowest BCUT2D eigenvalue weighted by molar-refractivity contribution is -0.114. The molecular formula is C23H14Cl2N4O2S. The Balaban J connectivity index is 1.39. The van der Waals surface area contributed by atoms with E-state index in [9.17, 15) is 4.79 Å². The molecule has 1 N–H and O–H groups in total. The van der Waals surface area contributed by atoms with Crippen molar-refractivity contribution in [2.45, 2.75) is 6.42 Å². The maximum Gasteiger partial charge on any atom is 0.283 e. The van der Waals surface area contributed by atoms with Gasteiger partial charge >= 0.3 is 0 Å². The number of fused-ring (bicyclic) bond motifs is 1.